The van der Waals surface area contributed by atoms with E-state index in [1.54, 1.807) is 12.1 Å². The highest BCUT2D eigenvalue weighted by Crippen LogP contribution is 2.28. The van der Waals surface area contributed by atoms with Gasteiger partial charge in [0.1, 0.15) is 0 Å². The van der Waals surface area contributed by atoms with E-state index in [-0.39, 0.29) is 24.2 Å². The molecule has 1 aliphatic rings. The van der Waals surface area contributed by atoms with Gasteiger partial charge in [-0.1, -0.05) is 30.3 Å². The molecule has 1 saturated heterocycles. The van der Waals surface area contributed by atoms with Crippen molar-refractivity contribution in [3.8, 4) is 0 Å². The van der Waals surface area contributed by atoms with E-state index < -0.39 is 0 Å². The van der Waals surface area contributed by atoms with Gasteiger partial charge in [-0.3, -0.25) is 14.5 Å². The molecule has 4 nitrogen and oxygen atoms in total. The van der Waals surface area contributed by atoms with Crippen LogP contribution in [-0.2, 0) is 16.0 Å². The number of amides is 2. The fourth-order valence-electron chi connectivity index (χ4n) is 2.92. The molecule has 1 atom stereocenters. The van der Waals surface area contributed by atoms with Crippen LogP contribution in [0.25, 0.3) is 0 Å². The number of nitrogens with zero attached hydrogens (tertiary/aromatic N) is 2. The summed E-state index contributed by atoms with van der Waals surface area (Å²) in [4.78, 5) is 28.2. The predicted octanol–water partition coefficient (Wildman–Crippen LogP) is 2.87. The molecule has 0 bridgehead atoms. The smallest absolute Gasteiger partial charge is 0.237 e. The maximum Gasteiger partial charge on any atom is 0.237 e. The molecule has 2 aromatic rings. The molecule has 0 radical (unpaired) electrons. The molecule has 0 N–H and O–H groups in total. The zero-order valence-electron chi connectivity index (χ0n) is 13.4. The number of anilines is 2. The lowest BCUT2D eigenvalue weighted by atomic mass is 9.97. The predicted molar refractivity (Wildman–Crippen MR) is 91.5 cm³/mol. The molecular formula is C19H20N2O2. The van der Waals surface area contributed by atoms with E-state index in [9.17, 15) is 9.59 Å². The number of carbonyl (C=O) groups excluding carboxylic acids is 2. The molecule has 3 rings (SSSR count). The quantitative estimate of drug-likeness (QED) is 0.816. The second-order valence-corrected chi connectivity index (χ2v) is 6.07. The van der Waals surface area contributed by atoms with Crippen molar-refractivity contribution < 1.29 is 9.59 Å². The Bertz CT molecular complexity index is 708. The average molecular weight is 308 g/mol. The second-order valence-electron chi connectivity index (χ2n) is 6.07. The molecule has 0 spiro atoms. The normalized spacial score (nSPS) is 17.7. The highest BCUT2D eigenvalue weighted by molar-refractivity contribution is 6.20. The first kappa shape index (κ1) is 15.3. The first-order valence-electron chi connectivity index (χ1n) is 7.74. The van der Waals surface area contributed by atoms with Gasteiger partial charge in [-0.15, -0.1) is 0 Å². The number of benzene rings is 2. The van der Waals surface area contributed by atoms with Crippen LogP contribution in [0.2, 0.25) is 0 Å². The lowest BCUT2D eigenvalue weighted by molar-refractivity contribution is -0.122. The Hall–Kier alpha value is -2.62. The third kappa shape index (κ3) is 3.11. The summed E-state index contributed by atoms with van der Waals surface area (Å²) in [6.45, 7) is 0. The molecule has 2 aromatic carbocycles. The fraction of sp³-hybridized carbons (Fsp3) is 0.263. The van der Waals surface area contributed by atoms with E-state index >= 15 is 0 Å². The highest BCUT2D eigenvalue weighted by Gasteiger charge is 2.39. The Labute approximate surface area is 136 Å². The van der Waals surface area contributed by atoms with Gasteiger partial charge in [0.2, 0.25) is 11.8 Å². The zero-order chi connectivity index (χ0) is 16.4. The SMILES string of the molecule is CN(C)c1ccc(CC2CC(=O)N(c3ccccc3)C2=O)cc1. The first-order valence-corrected chi connectivity index (χ1v) is 7.74. The molecule has 1 fully saturated rings. The minimum Gasteiger partial charge on any atom is -0.378 e. The van der Waals surface area contributed by atoms with Crippen molar-refractivity contribution >= 4 is 23.2 Å². The fourth-order valence-corrected chi connectivity index (χ4v) is 2.92. The van der Waals surface area contributed by atoms with Crippen molar-refractivity contribution in [2.45, 2.75) is 12.8 Å². The Morgan fingerprint density at radius 3 is 2.26 bits per heavy atom. The van der Waals surface area contributed by atoms with Crippen LogP contribution < -0.4 is 9.80 Å². The molecule has 1 unspecified atom stereocenters. The Balaban J connectivity index is 1.75. The van der Waals surface area contributed by atoms with E-state index in [1.165, 1.54) is 4.90 Å². The van der Waals surface area contributed by atoms with Crippen LogP contribution in [0.5, 0.6) is 0 Å². The second kappa shape index (κ2) is 6.24. The summed E-state index contributed by atoms with van der Waals surface area (Å²) >= 11 is 0. The van der Waals surface area contributed by atoms with Crippen molar-refractivity contribution in [2.75, 3.05) is 23.9 Å². The van der Waals surface area contributed by atoms with Crippen molar-refractivity contribution in [3.05, 3.63) is 60.2 Å². The van der Waals surface area contributed by atoms with Gasteiger partial charge in [-0.25, -0.2) is 0 Å². The molecule has 0 saturated carbocycles. The molecule has 118 valence electrons. The van der Waals surface area contributed by atoms with Crippen molar-refractivity contribution in [1.82, 2.24) is 0 Å². The van der Waals surface area contributed by atoms with E-state index in [0.29, 0.717) is 12.1 Å². The zero-order valence-corrected chi connectivity index (χ0v) is 13.4. The van der Waals surface area contributed by atoms with Crippen LogP contribution in [0.15, 0.2) is 54.6 Å². The lowest BCUT2D eigenvalue weighted by Gasteiger charge is -2.15. The summed E-state index contributed by atoms with van der Waals surface area (Å²) < 4.78 is 0. The minimum atomic E-state index is -0.270. The lowest BCUT2D eigenvalue weighted by Crippen LogP contribution is -2.30. The van der Waals surface area contributed by atoms with E-state index in [1.807, 2.05) is 61.5 Å². The van der Waals surface area contributed by atoms with Crippen LogP contribution in [0, 0.1) is 5.92 Å². The van der Waals surface area contributed by atoms with Crippen LogP contribution in [-0.4, -0.2) is 25.9 Å². The Morgan fingerprint density at radius 1 is 1.00 bits per heavy atom. The summed E-state index contributed by atoms with van der Waals surface area (Å²) in [5, 5.41) is 0. The number of hydrogen-bond donors (Lipinski definition) is 0. The summed E-state index contributed by atoms with van der Waals surface area (Å²) in [5.41, 5.74) is 2.86. The van der Waals surface area contributed by atoms with E-state index in [4.69, 9.17) is 0 Å². The standard InChI is InChI=1S/C19H20N2O2/c1-20(2)16-10-8-14(9-11-16)12-15-13-18(22)21(19(15)23)17-6-4-3-5-7-17/h3-11,15H,12-13H2,1-2H3. The monoisotopic (exact) mass is 308 g/mol. The summed E-state index contributed by atoms with van der Waals surface area (Å²) in [5.74, 6) is -0.484. The van der Waals surface area contributed by atoms with Crippen LogP contribution >= 0.6 is 0 Å². The summed E-state index contributed by atoms with van der Waals surface area (Å²) in [6, 6.07) is 17.3. The number of imide groups is 1. The number of rotatable bonds is 4. The maximum atomic E-state index is 12.6. The molecule has 4 heteroatoms. The van der Waals surface area contributed by atoms with Crippen LogP contribution in [0.3, 0.4) is 0 Å². The van der Waals surface area contributed by atoms with Crippen LogP contribution in [0.1, 0.15) is 12.0 Å². The largest absolute Gasteiger partial charge is 0.378 e. The van der Waals surface area contributed by atoms with Crippen molar-refractivity contribution in [2.24, 2.45) is 5.92 Å². The average Bonchev–Trinajstić information content (AvgIpc) is 2.82. The molecule has 2 amide bonds. The Kier molecular flexibility index (Phi) is 4.15. The molecule has 1 aliphatic heterocycles. The Morgan fingerprint density at radius 2 is 1.65 bits per heavy atom. The maximum absolute atomic E-state index is 12.6. The molecule has 1 heterocycles. The minimum absolute atomic E-state index is 0.0992. The number of hydrogen-bond acceptors (Lipinski definition) is 3. The van der Waals surface area contributed by atoms with Gasteiger partial charge in [0, 0.05) is 26.2 Å². The summed E-state index contributed by atoms with van der Waals surface area (Å²) in [6.07, 6.45) is 0.880. The van der Waals surface area contributed by atoms with Gasteiger partial charge in [0.15, 0.2) is 0 Å². The summed E-state index contributed by atoms with van der Waals surface area (Å²) in [7, 11) is 3.98. The van der Waals surface area contributed by atoms with Gasteiger partial charge in [-0.2, -0.15) is 0 Å². The van der Waals surface area contributed by atoms with E-state index in [2.05, 4.69) is 0 Å². The third-order valence-corrected chi connectivity index (χ3v) is 4.19. The van der Waals surface area contributed by atoms with Crippen molar-refractivity contribution in [3.63, 3.8) is 0 Å². The van der Waals surface area contributed by atoms with Crippen LogP contribution in [0.4, 0.5) is 11.4 Å². The number of carbonyl (C=O) groups is 2. The molecule has 0 aromatic heterocycles. The molecule has 0 aliphatic carbocycles. The van der Waals surface area contributed by atoms with Gasteiger partial charge in [-0.05, 0) is 36.2 Å². The third-order valence-electron chi connectivity index (χ3n) is 4.19. The van der Waals surface area contributed by atoms with Gasteiger partial charge >= 0.3 is 0 Å². The number of para-hydroxylation sites is 1. The van der Waals surface area contributed by atoms with Gasteiger partial charge in [0.05, 0.1) is 11.6 Å². The first-order chi connectivity index (χ1) is 11.1. The van der Waals surface area contributed by atoms with Gasteiger partial charge in [0.25, 0.3) is 0 Å². The van der Waals surface area contributed by atoms with Crippen molar-refractivity contribution in [1.29, 1.82) is 0 Å². The highest BCUT2D eigenvalue weighted by atomic mass is 16.2. The molecular weight excluding hydrogens is 288 g/mol. The molecule has 23 heavy (non-hydrogen) atoms. The van der Waals surface area contributed by atoms with Gasteiger partial charge < -0.3 is 4.90 Å². The topological polar surface area (TPSA) is 40.6 Å². The van der Waals surface area contributed by atoms with E-state index in [0.717, 1.165) is 11.3 Å².